The summed E-state index contributed by atoms with van der Waals surface area (Å²) in [5.74, 6) is 6.15. The summed E-state index contributed by atoms with van der Waals surface area (Å²) in [7, 11) is 3.01. The van der Waals surface area contributed by atoms with Gasteiger partial charge >= 0.3 is 5.97 Å². The molecular formula is C29H40N4O3S2. The fourth-order valence-electron chi connectivity index (χ4n) is 3.62. The van der Waals surface area contributed by atoms with Crippen molar-refractivity contribution < 1.29 is 14.3 Å². The Labute approximate surface area is 236 Å². The molecule has 0 radical (unpaired) electrons. The number of carbonyl (C=O) groups excluding carboxylic acids is 1. The lowest BCUT2D eigenvalue weighted by molar-refractivity contribution is -0.141. The molecule has 1 saturated heterocycles. The molecule has 1 atom stereocenters. The highest BCUT2D eigenvalue weighted by atomic mass is 32.2. The molecule has 0 spiro atoms. The smallest absolute Gasteiger partial charge is 0.326 e. The predicted octanol–water partition coefficient (Wildman–Crippen LogP) is 5.24. The van der Waals surface area contributed by atoms with Crippen molar-refractivity contribution >= 4 is 29.9 Å². The first-order valence-corrected chi connectivity index (χ1v) is 13.9. The molecule has 2 heterocycles. The van der Waals surface area contributed by atoms with Gasteiger partial charge in [-0.15, -0.1) is 24.0 Å². The largest absolute Gasteiger partial charge is 0.497 e. The van der Waals surface area contributed by atoms with Crippen molar-refractivity contribution in [1.82, 2.24) is 10.3 Å². The van der Waals surface area contributed by atoms with Crippen LogP contribution in [0.5, 0.6) is 5.75 Å². The molecule has 2 aromatic carbocycles. The summed E-state index contributed by atoms with van der Waals surface area (Å²) in [6.07, 6.45) is 6.02. The fourth-order valence-corrected chi connectivity index (χ4v) is 4.74. The van der Waals surface area contributed by atoms with E-state index >= 15 is 0 Å². The van der Waals surface area contributed by atoms with Crippen LogP contribution < -0.4 is 21.6 Å². The van der Waals surface area contributed by atoms with E-state index in [2.05, 4.69) is 59.9 Å². The lowest BCUT2D eigenvalue weighted by Crippen LogP contribution is -2.40. The number of nitrogens with zero attached hydrogens (tertiary/aromatic N) is 1. The molecule has 206 valence electrons. The third-order valence-electron chi connectivity index (χ3n) is 5.78. The zero-order valence-corrected chi connectivity index (χ0v) is 24.1. The van der Waals surface area contributed by atoms with Gasteiger partial charge in [0.2, 0.25) is 0 Å². The number of hydrazine groups is 1. The van der Waals surface area contributed by atoms with Gasteiger partial charge in [0.15, 0.2) is 0 Å². The molecular weight excluding hydrogens is 516 g/mol. The summed E-state index contributed by atoms with van der Waals surface area (Å²) in [4.78, 5) is 12.2. The number of hydrogen-bond donors (Lipinski definition) is 4. The molecule has 0 aliphatic carbocycles. The molecule has 0 bridgehead atoms. The third-order valence-corrected chi connectivity index (χ3v) is 7.14. The number of nitrogens with one attached hydrogen (secondary N) is 1. The third kappa shape index (κ3) is 11.6. The van der Waals surface area contributed by atoms with E-state index in [-0.39, 0.29) is 18.6 Å². The average Bonchev–Trinajstić information content (AvgIpc) is 3.40. The predicted molar refractivity (Wildman–Crippen MR) is 160 cm³/mol. The van der Waals surface area contributed by atoms with Gasteiger partial charge in [-0.3, -0.25) is 4.79 Å². The van der Waals surface area contributed by atoms with Crippen LogP contribution in [0.3, 0.4) is 0 Å². The first kappa shape index (κ1) is 31.2. The Morgan fingerprint density at radius 2 is 1.82 bits per heavy atom. The van der Waals surface area contributed by atoms with Gasteiger partial charge in [-0.2, -0.15) is 0 Å². The lowest BCUT2D eigenvalue weighted by atomic mass is 10.0. The number of methoxy groups -OCH3 is 2. The Bertz CT molecular complexity index is 1080. The van der Waals surface area contributed by atoms with Crippen LogP contribution in [0.2, 0.25) is 0 Å². The van der Waals surface area contributed by atoms with E-state index in [1.54, 1.807) is 24.6 Å². The van der Waals surface area contributed by atoms with Crippen molar-refractivity contribution in [3.05, 3.63) is 84.2 Å². The van der Waals surface area contributed by atoms with Crippen LogP contribution in [0.4, 0.5) is 0 Å². The van der Waals surface area contributed by atoms with Crippen LogP contribution in [-0.4, -0.2) is 44.3 Å². The van der Waals surface area contributed by atoms with Crippen molar-refractivity contribution in [2.45, 2.75) is 42.9 Å². The summed E-state index contributed by atoms with van der Waals surface area (Å²) in [5, 5.41) is 4.55. The second kappa shape index (κ2) is 17.5. The van der Waals surface area contributed by atoms with E-state index < -0.39 is 0 Å². The SMILES string of the molecule is CCc1ccc(OC)cc1.COC(=O)CN(N)/C=C(\N)C1CCCCN1.Sc1ccc(-c2ccccc2)s1. The fraction of sp³-hybridized carbons (Fsp3) is 0.345. The molecule has 0 saturated carbocycles. The Kier molecular flexibility index (Phi) is 14.4. The van der Waals surface area contributed by atoms with Crippen molar-refractivity contribution in [3.8, 4) is 16.2 Å². The molecule has 5 N–H and O–H groups in total. The van der Waals surface area contributed by atoms with Crippen molar-refractivity contribution in [3.63, 3.8) is 0 Å². The minimum Gasteiger partial charge on any atom is -0.497 e. The number of hydrogen-bond acceptors (Lipinski definition) is 9. The van der Waals surface area contributed by atoms with Gasteiger partial charge in [-0.05, 0) is 61.2 Å². The van der Waals surface area contributed by atoms with E-state index in [1.165, 1.54) is 34.5 Å². The average molecular weight is 557 g/mol. The first-order chi connectivity index (χ1) is 18.4. The second-order valence-electron chi connectivity index (χ2n) is 8.59. The highest BCUT2D eigenvalue weighted by Crippen LogP contribution is 2.29. The Morgan fingerprint density at radius 3 is 2.34 bits per heavy atom. The highest BCUT2D eigenvalue weighted by Gasteiger charge is 2.15. The van der Waals surface area contributed by atoms with Crippen LogP contribution >= 0.6 is 24.0 Å². The minimum absolute atomic E-state index is 0.00389. The van der Waals surface area contributed by atoms with Gasteiger partial charge in [-0.25, -0.2) is 5.84 Å². The monoisotopic (exact) mass is 556 g/mol. The number of esters is 1. The number of ether oxygens (including phenoxy) is 2. The number of carbonyl (C=O) groups is 1. The molecule has 4 rings (SSSR count). The number of aryl methyl sites for hydroxylation is 1. The number of rotatable bonds is 7. The van der Waals surface area contributed by atoms with Crippen LogP contribution in [0.1, 0.15) is 31.7 Å². The van der Waals surface area contributed by atoms with Crippen LogP contribution in [-0.2, 0) is 16.0 Å². The topological polar surface area (TPSA) is 103 Å². The van der Waals surface area contributed by atoms with E-state index in [4.69, 9.17) is 16.3 Å². The quantitative estimate of drug-likeness (QED) is 0.137. The maximum absolute atomic E-state index is 11.0. The van der Waals surface area contributed by atoms with E-state index in [9.17, 15) is 4.79 Å². The summed E-state index contributed by atoms with van der Waals surface area (Å²) in [6, 6.07) is 22.8. The number of thiophene rings is 1. The number of nitrogens with two attached hydrogens (primary N) is 2. The van der Waals surface area contributed by atoms with Crippen LogP contribution in [0.25, 0.3) is 10.4 Å². The molecule has 1 unspecified atom stereocenters. The summed E-state index contributed by atoms with van der Waals surface area (Å²) >= 11 is 5.98. The lowest BCUT2D eigenvalue weighted by Gasteiger charge is -2.25. The first-order valence-electron chi connectivity index (χ1n) is 12.6. The van der Waals surface area contributed by atoms with Crippen molar-refractivity contribution in [2.24, 2.45) is 11.6 Å². The Morgan fingerprint density at radius 1 is 1.11 bits per heavy atom. The number of piperidine rings is 1. The molecule has 9 heteroatoms. The van der Waals surface area contributed by atoms with Crippen LogP contribution in [0, 0.1) is 0 Å². The van der Waals surface area contributed by atoms with Gasteiger partial charge in [0.1, 0.15) is 12.3 Å². The molecule has 1 fully saturated rings. The molecule has 7 nitrogen and oxygen atoms in total. The second-order valence-corrected chi connectivity index (χ2v) is 10.5. The number of thiol groups is 1. The van der Waals surface area contributed by atoms with Gasteiger partial charge in [0.05, 0.1) is 18.4 Å². The van der Waals surface area contributed by atoms with E-state index in [1.807, 2.05) is 36.4 Å². The summed E-state index contributed by atoms with van der Waals surface area (Å²) in [5.41, 5.74) is 9.16. The van der Waals surface area contributed by atoms with Crippen LogP contribution in [0.15, 0.2) is 82.8 Å². The summed E-state index contributed by atoms with van der Waals surface area (Å²) in [6.45, 7) is 3.12. The molecule has 1 aromatic heterocycles. The molecule has 0 amide bonds. The number of benzene rings is 2. The van der Waals surface area contributed by atoms with Gasteiger partial charge in [0.25, 0.3) is 0 Å². The minimum atomic E-state index is -0.386. The molecule has 1 aliphatic rings. The van der Waals surface area contributed by atoms with Gasteiger partial charge in [0, 0.05) is 22.8 Å². The molecule has 3 aromatic rings. The van der Waals surface area contributed by atoms with E-state index in [0.717, 1.165) is 35.8 Å². The normalized spacial score (nSPS) is 14.8. The van der Waals surface area contributed by atoms with Crippen molar-refractivity contribution in [1.29, 1.82) is 0 Å². The maximum atomic E-state index is 11.0. The van der Waals surface area contributed by atoms with Gasteiger partial charge < -0.3 is 25.5 Å². The van der Waals surface area contributed by atoms with E-state index in [0.29, 0.717) is 5.70 Å². The molecule has 38 heavy (non-hydrogen) atoms. The van der Waals surface area contributed by atoms with Crippen molar-refractivity contribution in [2.75, 3.05) is 27.3 Å². The summed E-state index contributed by atoms with van der Waals surface area (Å²) < 4.78 is 10.6. The zero-order valence-electron chi connectivity index (χ0n) is 22.4. The maximum Gasteiger partial charge on any atom is 0.326 e. The van der Waals surface area contributed by atoms with Gasteiger partial charge in [-0.1, -0.05) is 55.8 Å². The zero-order chi connectivity index (χ0) is 27.8. The highest BCUT2D eigenvalue weighted by molar-refractivity contribution is 7.83. The standard InChI is InChI=1S/C10H20N4O2.C10H8S2.C9H12O/c1-16-10(15)7-14(12)6-8(11)9-4-2-3-5-13-9;11-10-7-6-9(12-10)8-4-2-1-3-5-8;1-3-8-4-6-9(10-2)7-5-8/h6,9,13H,2-5,7,11-12H2,1H3;1-7,11H;4-7H,3H2,1-2H3/b8-6-;;. The Hall–Kier alpha value is -2.98. The Balaban J connectivity index is 0.000000206. The molecule has 1 aliphatic heterocycles.